The van der Waals surface area contributed by atoms with Crippen molar-refractivity contribution in [3.63, 3.8) is 0 Å². The molecule has 2 N–H and O–H groups in total. The summed E-state index contributed by atoms with van der Waals surface area (Å²) in [5, 5.41) is 11.6. The van der Waals surface area contributed by atoms with Gasteiger partial charge in [-0.3, -0.25) is 15.0 Å². The van der Waals surface area contributed by atoms with Crippen LogP contribution < -0.4 is 5.32 Å². The van der Waals surface area contributed by atoms with Crippen LogP contribution in [0.3, 0.4) is 0 Å². The van der Waals surface area contributed by atoms with Gasteiger partial charge in [-0.05, 0) is 19.0 Å². The van der Waals surface area contributed by atoms with Crippen LogP contribution in [0.15, 0.2) is 18.5 Å². The molecule has 1 rings (SSSR count). The Morgan fingerprint density at radius 1 is 1.39 bits per heavy atom. The standard InChI is InChI=1S/C12H20N4O2/c1-2-3-7-16(8-9-17)10-11(18)15-12-13-5-4-6-14-12/h4-6,17H,2-3,7-10H2,1H3,(H,13,14,15,18). The highest BCUT2D eigenvalue weighted by atomic mass is 16.3. The van der Waals surface area contributed by atoms with E-state index in [0.29, 0.717) is 12.5 Å². The van der Waals surface area contributed by atoms with Gasteiger partial charge in [-0.2, -0.15) is 0 Å². The molecular weight excluding hydrogens is 232 g/mol. The third-order valence-electron chi connectivity index (χ3n) is 2.43. The van der Waals surface area contributed by atoms with E-state index in [9.17, 15) is 4.79 Å². The zero-order chi connectivity index (χ0) is 13.2. The van der Waals surface area contributed by atoms with Crippen molar-refractivity contribution in [3.05, 3.63) is 18.5 Å². The number of nitrogens with zero attached hydrogens (tertiary/aromatic N) is 3. The molecule has 0 saturated carbocycles. The number of aromatic nitrogens is 2. The molecule has 0 bridgehead atoms. The van der Waals surface area contributed by atoms with E-state index in [4.69, 9.17) is 5.11 Å². The summed E-state index contributed by atoms with van der Waals surface area (Å²) in [5.41, 5.74) is 0. The second-order valence-corrected chi connectivity index (χ2v) is 3.97. The van der Waals surface area contributed by atoms with Crippen molar-refractivity contribution in [2.24, 2.45) is 0 Å². The lowest BCUT2D eigenvalue weighted by molar-refractivity contribution is -0.117. The first-order valence-electron chi connectivity index (χ1n) is 6.16. The van der Waals surface area contributed by atoms with Crippen LogP contribution in [-0.4, -0.2) is 52.1 Å². The molecular formula is C12H20N4O2. The fourth-order valence-corrected chi connectivity index (χ4v) is 1.52. The highest BCUT2D eigenvalue weighted by Gasteiger charge is 2.10. The number of unbranched alkanes of at least 4 members (excludes halogenated alkanes) is 1. The lowest BCUT2D eigenvalue weighted by Gasteiger charge is -2.19. The van der Waals surface area contributed by atoms with Crippen molar-refractivity contribution < 1.29 is 9.90 Å². The molecule has 0 fully saturated rings. The highest BCUT2D eigenvalue weighted by Crippen LogP contribution is 1.98. The fourth-order valence-electron chi connectivity index (χ4n) is 1.52. The summed E-state index contributed by atoms with van der Waals surface area (Å²) < 4.78 is 0. The van der Waals surface area contributed by atoms with Crippen molar-refractivity contribution in [2.75, 3.05) is 31.6 Å². The maximum atomic E-state index is 11.7. The summed E-state index contributed by atoms with van der Waals surface area (Å²) in [6, 6.07) is 1.69. The highest BCUT2D eigenvalue weighted by molar-refractivity contribution is 5.90. The van der Waals surface area contributed by atoms with Crippen LogP contribution in [0.5, 0.6) is 0 Å². The molecule has 0 unspecified atom stereocenters. The van der Waals surface area contributed by atoms with Crippen LogP contribution in [0.4, 0.5) is 5.95 Å². The molecule has 1 amide bonds. The van der Waals surface area contributed by atoms with Gasteiger partial charge in [0.25, 0.3) is 0 Å². The number of carbonyl (C=O) groups is 1. The maximum absolute atomic E-state index is 11.7. The molecule has 0 aliphatic heterocycles. The van der Waals surface area contributed by atoms with Crippen molar-refractivity contribution in [2.45, 2.75) is 19.8 Å². The van der Waals surface area contributed by atoms with E-state index in [1.165, 1.54) is 0 Å². The smallest absolute Gasteiger partial charge is 0.240 e. The number of carbonyl (C=O) groups excluding carboxylic acids is 1. The normalized spacial score (nSPS) is 10.6. The summed E-state index contributed by atoms with van der Waals surface area (Å²) in [6.07, 6.45) is 5.22. The number of nitrogens with one attached hydrogen (secondary N) is 1. The third kappa shape index (κ3) is 5.70. The SMILES string of the molecule is CCCCN(CCO)CC(=O)Nc1ncccn1. The van der Waals surface area contributed by atoms with Crippen molar-refractivity contribution >= 4 is 11.9 Å². The van der Waals surface area contributed by atoms with E-state index in [0.717, 1.165) is 19.4 Å². The molecule has 0 aromatic carbocycles. The van der Waals surface area contributed by atoms with Gasteiger partial charge in [-0.25, -0.2) is 9.97 Å². The van der Waals surface area contributed by atoms with Gasteiger partial charge in [0, 0.05) is 18.9 Å². The quantitative estimate of drug-likeness (QED) is 0.705. The first-order chi connectivity index (χ1) is 8.76. The molecule has 0 aliphatic rings. The Morgan fingerprint density at radius 3 is 2.72 bits per heavy atom. The monoisotopic (exact) mass is 252 g/mol. The second-order valence-electron chi connectivity index (χ2n) is 3.97. The molecule has 100 valence electrons. The van der Waals surface area contributed by atoms with Crippen molar-refractivity contribution in [1.82, 2.24) is 14.9 Å². The van der Waals surface area contributed by atoms with E-state index in [1.54, 1.807) is 18.5 Å². The molecule has 0 spiro atoms. The van der Waals surface area contributed by atoms with Gasteiger partial charge in [0.15, 0.2) is 0 Å². The molecule has 1 heterocycles. The van der Waals surface area contributed by atoms with Crippen LogP contribution in [0.2, 0.25) is 0 Å². The lowest BCUT2D eigenvalue weighted by Crippen LogP contribution is -2.36. The Hall–Kier alpha value is -1.53. The minimum atomic E-state index is -0.161. The first-order valence-corrected chi connectivity index (χ1v) is 6.16. The Morgan fingerprint density at radius 2 is 2.11 bits per heavy atom. The number of rotatable bonds is 8. The molecule has 0 aliphatic carbocycles. The molecule has 18 heavy (non-hydrogen) atoms. The number of aliphatic hydroxyl groups is 1. The van der Waals surface area contributed by atoms with Crippen LogP contribution >= 0.6 is 0 Å². The van der Waals surface area contributed by atoms with E-state index in [-0.39, 0.29) is 19.1 Å². The van der Waals surface area contributed by atoms with E-state index >= 15 is 0 Å². The molecule has 6 heteroatoms. The molecule has 1 aromatic rings. The largest absolute Gasteiger partial charge is 0.395 e. The van der Waals surface area contributed by atoms with Gasteiger partial charge >= 0.3 is 0 Å². The fraction of sp³-hybridized carbons (Fsp3) is 0.583. The van der Waals surface area contributed by atoms with E-state index in [1.807, 2.05) is 4.90 Å². The predicted molar refractivity (Wildman–Crippen MR) is 69.1 cm³/mol. The van der Waals surface area contributed by atoms with Crippen LogP contribution in [0.25, 0.3) is 0 Å². The Bertz CT molecular complexity index is 345. The van der Waals surface area contributed by atoms with Crippen molar-refractivity contribution in [1.29, 1.82) is 0 Å². The average Bonchev–Trinajstić information content (AvgIpc) is 2.37. The molecule has 0 atom stereocenters. The number of hydrogen-bond acceptors (Lipinski definition) is 5. The van der Waals surface area contributed by atoms with Gasteiger partial charge in [-0.15, -0.1) is 0 Å². The van der Waals surface area contributed by atoms with Gasteiger partial charge in [0.05, 0.1) is 13.2 Å². The molecule has 0 radical (unpaired) electrons. The Labute approximate surface area is 107 Å². The summed E-state index contributed by atoms with van der Waals surface area (Å²) in [5.74, 6) is 0.146. The number of aliphatic hydroxyl groups excluding tert-OH is 1. The third-order valence-corrected chi connectivity index (χ3v) is 2.43. The molecule has 6 nitrogen and oxygen atoms in total. The Balaban J connectivity index is 2.40. The van der Waals surface area contributed by atoms with Gasteiger partial charge in [0.2, 0.25) is 11.9 Å². The van der Waals surface area contributed by atoms with E-state index < -0.39 is 0 Å². The van der Waals surface area contributed by atoms with Gasteiger partial charge < -0.3 is 5.11 Å². The number of hydrogen-bond donors (Lipinski definition) is 2. The number of amides is 1. The van der Waals surface area contributed by atoms with Gasteiger partial charge in [-0.1, -0.05) is 13.3 Å². The van der Waals surface area contributed by atoms with Crippen molar-refractivity contribution in [3.8, 4) is 0 Å². The lowest BCUT2D eigenvalue weighted by atomic mass is 10.3. The minimum Gasteiger partial charge on any atom is -0.395 e. The van der Waals surface area contributed by atoms with Crippen LogP contribution in [0.1, 0.15) is 19.8 Å². The summed E-state index contributed by atoms with van der Waals surface area (Å²) in [7, 11) is 0. The predicted octanol–water partition coefficient (Wildman–Crippen LogP) is 0.509. The Kier molecular flexibility index (Phi) is 6.90. The zero-order valence-electron chi connectivity index (χ0n) is 10.7. The average molecular weight is 252 g/mol. The summed E-state index contributed by atoms with van der Waals surface area (Å²) in [4.78, 5) is 21.5. The van der Waals surface area contributed by atoms with Gasteiger partial charge in [0.1, 0.15) is 0 Å². The zero-order valence-corrected chi connectivity index (χ0v) is 10.7. The topological polar surface area (TPSA) is 78.4 Å². The second kappa shape index (κ2) is 8.54. The van der Waals surface area contributed by atoms with Crippen LogP contribution in [-0.2, 0) is 4.79 Å². The molecule has 0 saturated heterocycles. The summed E-state index contributed by atoms with van der Waals surface area (Å²) in [6.45, 7) is 3.70. The maximum Gasteiger partial charge on any atom is 0.240 e. The first kappa shape index (κ1) is 14.5. The summed E-state index contributed by atoms with van der Waals surface area (Å²) >= 11 is 0. The minimum absolute atomic E-state index is 0.0544. The van der Waals surface area contributed by atoms with E-state index in [2.05, 4.69) is 22.2 Å². The number of anilines is 1. The molecule has 1 aromatic heterocycles. The van der Waals surface area contributed by atoms with Crippen LogP contribution in [0, 0.1) is 0 Å².